The molecular formula is C27H15N2O2. The molecule has 0 saturated heterocycles. The van der Waals surface area contributed by atoms with Gasteiger partial charge in [0, 0.05) is 22.5 Å². The van der Waals surface area contributed by atoms with E-state index in [2.05, 4.69) is 11.2 Å². The third-order valence-electron chi connectivity index (χ3n) is 5.53. The Morgan fingerprint density at radius 3 is 2.55 bits per heavy atom. The van der Waals surface area contributed by atoms with Gasteiger partial charge in [-0.05, 0) is 29.7 Å². The van der Waals surface area contributed by atoms with Gasteiger partial charge < -0.3 is 4.42 Å². The van der Waals surface area contributed by atoms with Crippen molar-refractivity contribution >= 4 is 32.6 Å². The van der Waals surface area contributed by atoms with Crippen LogP contribution in [0.25, 0.3) is 55.2 Å². The summed E-state index contributed by atoms with van der Waals surface area (Å²) in [5, 5.41) is 3.42. The minimum absolute atomic E-state index is 0.171. The molecule has 0 bridgehead atoms. The van der Waals surface area contributed by atoms with Crippen molar-refractivity contribution in [2.24, 2.45) is 0 Å². The van der Waals surface area contributed by atoms with Crippen LogP contribution >= 0.6 is 0 Å². The first-order valence-electron chi connectivity index (χ1n) is 9.97. The Morgan fingerprint density at radius 2 is 1.61 bits per heavy atom. The van der Waals surface area contributed by atoms with Gasteiger partial charge in [0.2, 0.25) is 5.43 Å². The fraction of sp³-hybridized carbons (Fsp3) is 0. The highest BCUT2D eigenvalue weighted by Crippen LogP contribution is 2.30. The Morgan fingerprint density at radius 1 is 0.774 bits per heavy atom. The molecule has 0 saturated carbocycles. The van der Waals surface area contributed by atoms with E-state index in [0.717, 1.165) is 32.9 Å². The smallest absolute Gasteiger partial charge is 0.203 e. The molecule has 0 spiro atoms. The second-order valence-electron chi connectivity index (χ2n) is 7.36. The first-order valence-corrected chi connectivity index (χ1v) is 9.97. The number of hydrogen-bond donors (Lipinski definition) is 0. The molecule has 0 aliphatic rings. The van der Waals surface area contributed by atoms with Crippen molar-refractivity contribution in [1.29, 1.82) is 0 Å². The molecule has 0 unspecified atom stereocenters. The average Bonchev–Trinajstić information content (AvgIpc) is 2.83. The standard InChI is InChI=1S/C27H15N2O2/c30-27-21(26-19-8-3-1-6-17(19)14-15-28-26)16-31-24-11-5-9-20(25(24)27)23-13-12-18-7-2-4-10-22(18)29-23/h1-15H. The number of hydrogen-bond acceptors (Lipinski definition) is 4. The zero-order valence-corrected chi connectivity index (χ0v) is 16.4. The molecular weight excluding hydrogens is 384 g/mol. The van der Waals surface area contributed by atoms with E-state index in [1.165, 1.54) is 0 Å². The minimum atomic E-state index is -0.171. The summed E-state index contributed by atoms with van der Waals surface area (Å²) in [6.07, 6.45) is 4.53. The zero-order chi connectivity index (χ0) is 20.8. The monoisotopic (exact) mass is 399 g/mol. The van der Waals surface area contributed by atoms with E-state index in [1.54, 1.807) is 12.3 Å². The Hall–Kier alpha value is -4.31. The molecule has 3 aromatic carbocycles. The van der Waals surface area contributed by atoms with E-state index in [-0.39, 0.29) is 5.43 Å². The van der Waals surface area contributed by atoms with Crippen molar-refractivity contribution in [1.82, 2.24) is 9.97 Å². The number of benzene rings is 3. The van der Waals surface area contributed by atoms with Crippen LogP contribution in [0.2, 0.25) is 0 Å². The number of rotatable bonds is 2. The normalized spacial score (nSPS) is 11.4. The lowest BCUT2D eigenvalue weighted by Crippen LogP contribution is -2.08. The van der Waals surface area contributed by atoms with Crippen LogP contribution in [0, 0.1) is 6.26 Å². The second-order valence-corrected chi connectivity index (χ2v) is 7.36. The molecule has 4 heteroatoms. The van der Waals surface area contributed by atoms with Gasteiger partial charge in [0.25, 0.3) is 0 Å². The Balaban J connectivity index is 1.65. The third-order valence-corrected chi connectivity index (χ3v) is 5.53. The molecule has 0 atom stereocenters. The van der Waals surface area contributed by atoms with Gasteiger partial charge in [0.1, 0.15) is 5.58 Å². The highest BCUT2D eigenvalue weighted by atomic mass is 16.3. The highest BCUT2D eigenvalue weighted by molar-refractivity contribution is 5.99. The van der Waals surface area contributed by atoms with Gasteiger partial charge >= 0.3 is 0 Å². The largest absolute Gasteiger partial charge is 0.452 e. The molecule has 31 heavy (non-hydrogen) atoms. The van der Waals surface area contributed by atoms with E-state index in [4.69, 9.17) is 9.40 Å². The third kappa shape index (κ3) is 2.81. The lowest BCUT2D eigenvalue weighted by atomic mass is 10.00. The molecule has 4 nitrogen and oxygen atoms in total. The maximum Gasteiger partial charge on any atom is 0.203 e. The number of aromatic nitrogens is 2. The maximum atomic E-state index is 13.7. The van der Waals surface area contributed by atoms with Crippen LogP contribution in [0.5, 0.6) is 0 Å². The van der Waals surface area contributed by atoms with Crippen molar-refractivity contribution in [2.75, 3.05) is 0 Å². The van der Waals surface area contributed by atoms with Crippen molar-refractivity contribution in [3.63, 3.8) is 0 Å². The Labute approximate surface area is 177 Å². The number of pyridine rings is 2. The van der Waals surface area contributed by atoms with E-state index in [9.17, 15) is 4.79 Å². The molecule has 6 aromatic rings. The molecule has 0 N–H and O–H groups in total. The highest BCUT2D eigenvalue weighted by Gasteiger charge is 2.17. The minimum Gasteiger partial charge on any atom is -0.452 e. The van der Waals surface area contributed by atoms with Gasteiger partial charge in [-0.2, -0.15) is 0 Å². The van der Waals surface area contributed by atoms with Crippen LogP contribution in [-0.4, -0.2) is 9.97 Å². The van der Waals surface area contributed by atoms with Crippen molar-refractivity contribution < 1.29 is 4.42 Å². The van der Waals surface area contributed by atoms with Gasteiger partial charge in [0.15, 0.2) is 6.26 Å². The first kappa shape index (κ1) is 17.5. The number of nitrogens with zero attached hydrogens (tertiary/aromatic N) is 2. The van der Waals surface area contributed by atoms with E-state index >= 15 is 0 Å². The molecule has 3 heterocycles. The average molecular weight is 399 g/mol. The van der Waals surface area contributed by atoms with Gasteiger partial charge in [-0.25, -0.2) is 4.98 Å². The molecule has 6 rings (SSSR count). The maximum absolute atomic E-state index is 13.7. The lowest BCUT2D eigenvalue weighted by Gasteiger charge is -2.09. The predicted molar refractivity (Wildman–Crippen MR) is 123 cm³/mol. The quantitative estimate of drug-likeness (QED) is 0.357. The molecule has 0 aliphatic carbocycles. The van der Waals surface area contributed by atoms with E-state index in [1.807, 2.05) is 78.9 Å². The molecule has 0 amide bonds. The Kier molecular flexibility index (Phi) is 3.90. The molecule has 3 aromatic heterocycles. The summed E-state index contributed by atoms with van der Waals surface area (Å²) in [5.74, 6) is 0. The SMILES string of the molecule is O=c1c(-c2nccc3ccccc23)[c]oc2cccc(-c3ccc4ccccc4n3)c12. The molecule has 0 fully saturated rings. The van der Waals surface area contributed by atoms with E-state index < -0.39 is 0 Å². The summed E-state index contributed by atoms with van der Waals surface area (Å²) in [7, 11) is 0. The van der Waals surface area contributed by atoms with Crippen LogP contribution in [0.4, 0.5) is 0 Å². The van der Waals surface area contributed by atoms with Crippen molar-refractivity contribution in [2.45, 2.75) is 0 Å². The van der Waals surface area contributed by atoms with Gasteiger partial charge in [0.05, 0.1) is 27.9 Å². The summed E-state index contributed by atoms with van der Waals surface area (Å²) in [4.78, 5) is 22.9. The lowest BCUT2D eigenvalue weighted by molar-refractivity contribution is 0.594. The van der Waals surface area contributed by atoms with E-state index in [0.29, 0.717) is 22.2 Å². The van der Waals surface area contributed by atoms with Gasteiger partial charge in [-0.15, -0.1) is 0 Å². The summed E-state index contributed by atoms with van der Waals surface area (Å²) >= 11 is 0. The summed E-state index contributed by atoms with van der Waals surface area (Å²) in [6, 6.07) is 27.2. The van der Waals surface area contributed by atoms with Gasteiger partial charge in [-0.3, -0.25) is 9.78 Å². The van der Waals surface area contributed by atoms with Gasteiger partial charge in [-0.1, -0.05) is 60.7 Å². The first-order chi connectivity index (χ1) is 15.3. The molecule has 1 radical (unpaired) electrons. The Bertz CT molecular complexity index is 1660. The summed E-state index contributed by atoms with van der Waals surface area (Å²) in [5.41, 5.74) is 3.51. The molecule has 145 valence electrons. The van der Waals surface area contributed by atoms with Crippen LogP contribution < -0.4 is 5.43 Å². The predicted octanol–water partition coefficient (Wildman–Crippen LogP) is 6.02. The summed E-state index contributed by atoms with van der Waals surface area (Å²) in [6.45, 7) is 0. The van der Waals surface area contributed by atoms with Crippen molar-refractivity contribution in [3.05, 3.63) is 108 Å². The fourth-order valence-electron chi connectivity index (χ4n) is 4.03. The fourth-order valence-corrected chi connectivity index (χ4v) is 4.03. The van der Waals surface area contributed by atoms with Crippen LogP contribution in [0.15, 0.2) is 100 Å². The molecule has 0 aliphatic heterocycles. The van der Waals surface area contributed by atoms with Crippen LogP contribution in [0.1, 0.15) is 0 Å². The topological polar surface area (TPSA) is 56.0 Å². The van der Waals surface area contributed by atoms with Crippen molar-refractivity contribution in [3.8, 4) is 22.5 Å². The van der Waals surface area contributed by atoms with Crippen LogP contribution in [0.3, 0.4) is 0 Å². The van der Waals surface area contributed by atoms with Crippen LogP contribution in [-0.2, 0) is 0 Å². The summed E-state index contributed by atoms with van der Waals surface area (Å²) < 4.78 is 5.78. The number of fused-ring (bicyclic) bond motifs is 3. The zero-order valence-electron chi connectivity index (χ0n) is 16.4. The number of para-hydroxylation sites is 1. The second kappa shape index (κ2) is 6.89.